The average molecular weight is 376 g/mol. The summed E-state index contributed by atoms with van der Waals surface area (Å²) in [6, 6.07) is 17.0. The Kier molecular flexibility index (Phi) is 5.06. The third-order valence-electron chi connectivity index (χ3n) is 4.81. The van der Waals surface area contributed by atoms with Gasteiger partial charge in [0.1, 0.15) is 5.52 Å². The molecule has 0 N–H and O–H groups in total. The van der Waals surface area contributed by atoms with Crippen LogP contribution >= 0.6 is 0 Å². The molecule has 2 aromatic heterocycles. The Morgan fingerprint density at radius 2 is 1.96 bits per heavy atom. The number of pyridine rings is 1. The van der Waals surface area contributed by atoms with E-state index >= 15 is 0 Å². The van der Waals surface area contributed by atoms with E-state index in [9.17, 15) is 9.18 Å². The van der Waals surface area contributed by atoms with Crippen LogP contribution in [-0.4, -0.2) is 21.7 Å². The van der Waals surface area contributed by atoms with E-state index in [2.05, 4.69) is 4.98 Å². The normalized spacial score (nSPS) is 12.4. The molecule has 0 aliphatic rings. The molecule has 4 nitrogen and oxygen atoms in total. The number of aromatic nitrogens is 2. The van der Waals surface area contributed by atoms with E-state index in [4.69, 9.17) is 4.74 Å². The first kappa shape index (κ1) is 18.2. The highest BCUT2D eigenvalue weighted by atomic mass is 19.1. The number of benzene rings is 2. The summed E-state index contributed by atoms with van der Waals surface area (Å²) in [6.45, 7) is 2.21. The number of aryl methyl sites for hydroxylation is 1. The van der Waals surface area contributed by atoms with Gasteiger partial charge < -0.3 is 9.30 Å². The number of hydrogen-bond acceptors (Lipinski definition) is 3. The predicted molar refractivity (Wildman–Crippen MR) is 108 cm³/mol. The molecule has 0 aliphatic carbocycles. The molecule has 0 fully saturated rings. The number of carbonyl (C=O) groups is 1. The van der Waals surface area contributed by atoms with Crippen molar-refractivity contribution in [3.63, 3.8) is 0 Å². The van der Waals surface area contributed by atoms with Crippen LogP contribution in [0.25, 0.3) is 21.8 Å². The number of hydrogen-bond donors (Lipinski definition) is 0. The van der Waals surface area contributed by atoms with Gasteiger partial charge in [-0.1, -0.05) is 36.4 Å². The molecule has 5 heteroatoms. The molecule has 4 rings (SSSR count). The van der Waals surface area contributed by atoms with E-state index in [1.54, 1.807) is 25.4 Å². The Bertz CT molecular complexity index is 1130. The lowest BCUT2D eigenvalue weighted by atomic mass is 10.2. The molecule has 1 atom stereocenters. The third kappa shape index (κ3) is 3.60. The van der Waals surface area contributed by atoms with E-state index in [0.29, 0.717) is 36.2 Å². The summed E-state index contributed by atoms with van der Waals surface area (Å²) in [5, 5.41) is 1.74. The third-order valence-corrected chi connectivity index (χ3v) is 4.81. The average Bonchev–Trinajstić information content (AvgIpc) is 3.07. The van der Waals surface area contributed by atoms with Crippen LogP contribution in [0.1, 0.15) is 30.1 Å². The van der Waals surface area contributed by atoms with Crippen molar-refractivity contribution in [2.24, 2.45) is 0 Å². The van der Waals surface area contributed by atoms with Gasteiger partial charge in [-0.3, -0.25) is 4.98 Å². The van der Waals surface area contributed by atoms with E-state index in [0.717, 1.165) is 16.3 Å². The second kappa shape index (κ2) is 7.80. The van der Waals surface area contributed by atoms with Gasteiger partial charge in [0.15, 0.2) is 5.75 Å². The van der Waals surface area contributed by atoms with E-state index in [1.165, 1.54) is 0 Å². The minimum absolute atomic E-state index is 0.424. The van der Waals surface area contributed by atoms with E-state index < -0.39 is 12.1 Å². The van der Waals surface area contributed by atoms with Crippen molar-refractivity contribution in [3.8, 4) is 5.75 Å². The molecule has 1 unspecified atom stereocenters. The number of alkyl halides is 1. The molecule has 0 bridgehead atoms. The first-order chi connectivity index (χ1) is 13.6. The summed E-state index contributed by atoms with van der Waals surface area (Å²) in [5.74, 6) is 0.0122. The van der Waals surface area contributed by atoms with Crippen molar-refractivity contribution in [1.82, 2.24) is 9.55 Å². The number of ether oxygens (including phenoxy) is 1. The Morgan fingerprint density at radius 1 is 1.14 bits per heavy atom. The number of halogens is 1. The molecule has 0 saturated carbocycles. The molecular weight excluding hydrogens is 355 g/mol. The maximum atomic E-state index is 13.1. The zero-order valence-corrected chi connectivity index (χ0v) is 15.6. The Balaban J connectivity index is 1.65. The number of esters is 1. The highest BCUT2D eigenvalue weighted by Crippen LogP contribution is 2.27. The summed E-state index contributed by atoms with van der Waals surface area (Å²) >= 11 is 0. The lowest BCUT2D eigenvalue weighted by Gasteiger charge is -2.06. The fourth-order valence-corrected chi connectivity index (χ4v) is 3.45. The van der Waals surface area contributed by atoms with Gasteiger partial charge in [0.2, 0.25) is 0 Å². The van der Waals surface area contributed by atoms with E-state index in [-0.39, 0.29) is 0 Å². The molecular formula is C23H21FN2O2. The monoisotopic (exact) mass is 376 g/mol. The molecule has 2 heterocycles. The second-order valence-corrected chi connectivity index (χ2v) is 6.90. The lowest BCUT2D eigenvalue weighted by molar-refractivity contribution is 0.0738. The summed E-state index contributed by atoms with van der Waals surface area (Å²) in [6.07, 6.45) is 3.85. The Morgan fingerprint density at radius 3 is 2.82 bits per heavy atom. The van der Waals surface area contributed by atoms with Gasteiger partial charge in [-0.2, -0.15) is 0 Å². The zero-order valence-electron chi connectivity index (χ0n) is 15.6. The van der Waals surface area contributed by atoms with Crippen molar-refractivity contribution < 1.29 is 13.9 Å². The summed E-state index contributed by atoms with van der Waals surface area (Å²) in [7, 11) is 0. The molecule has 0 spiro atoms. The predicted octanol–water partition coefficient (Wildman–Crippen LogP) is 5.55. The van der Waals surface area contributed by atoms with Crippen molar-refractivity contribution in [3.05, 3.63) is 72.6 Å². The fourth-order valence-electron chi connectivity index (χ4n) is 3.45. The van der Waals surface area contributed by atoms with Crippen LogP contribution < -0.4 is 4.74 Å². The van der Waals surface area contributed by atoms with Crippen molar-refractivity contribution >= 4 is 27.8 Å². The first-order valence-electron chi connectivity index (χ1n) is 9.41. The van der Waals surface area contributed by atoms with Crippen molar-refractivity contribution in [2.45, 2.75) is 32.5 Å². The van der Waals surface area contributed by atoms with Crippen molar-refractivity contribution in [1.29, 1.82) is 0 Å². The largest absolute Gasteiger partial charge is 0.421 e. The molecule has 4 aromatic rings. The summed E-state index contributed by atoms with van der Waals surface area (Å²) < 4.78 is 20.8. The van der Waals surface area contributed by atoms with Gasteiger partial charge >= 0.3 is 5.97 Å². The highest BCUT2D eigenvalue weighted by Gasteiger charge is 2.18. The molecule has 28 heavy (non-hydrogen) atoms. The number of para-hydroxylation sites is 2. The minimum atomic E-state index is -0.829. The maximum Gasteiger partial charge on any atom is 0.345 e. The van der Waals surface area contributed by atoms with Crippen LogP contribution in [0.3, 0.4) is 0 Å². The van der Waals surface area contributed by atoms with Crippen LogP contribution in [0.2, 0.25) is 0 Å². The summed E-state index contributed by atoms with van der Waals surface area (Å²) in [5.41, 5.74) is 2.09. The van der Waals surface area contributed by atoms with Crippen LogP contribution in [-0.2, 0) is 6.54 Å². The zero-order chi connectivity index (χ0) is 19.5. The van der Waals surface area contributed by atoms with Gasteiger partial charge in [0.05, 0.1) is 11.7 Å². The van der Waals surface area contributed by atoms with Crippen LogP contribution in [0, 0.1) is 0 Å². The van der Waals surface area contributed by atoms with E-state index in [1.807, 2.05) is 53.1 Å². The highest BCUT2D eigenvalue weighted by molar-refractivity contribution is 6.05. The molecule has 2 aromatic carbocycles. The van der Waals surface area contributed by atoms with Gasteiger partial charge in [-0.15, -0.1) is 0 Å². The SMILES string of the molecule is CC(F)CCCn1cc(C(=O)Oc2cccc3cccnc23)c2ccccc21. The van der Waals surface area contributed by atoms with Gasteiger partial charge in [0, 0.05) is 35.2 Å². The number of nitrogens with zero attached hydrogens (tertiary/aromatic N) is 2. The standard InChI is InChI=1S/C23H21FN2O2/c1-16(24)7-6-14-26-15-19(18-10-2-3-11-20(18)26)23(27)28-21-12-4-8-17-9-5-13-25-22(17)21/h2-5,8-13,15-16H,6-7,14H2,1H3. The minimum Gasteiger partial charge on any atom is -0.421 e. The molecule has 0 aliphatic heterocycles. The molecule has 0 saturated heterocycles. The molecule has 142 valence electrons. The fraction of sp³-hybridized carbons (Fsp3) is 0.217. The molecule has 0 amide bonds. The second-order valence-electron chi connectivity index (χ2n) is 6.90. The number of rotatable bonds is 6. The van der Waals surface area contributed by atoms with Crippen LogP contribution in [0.5, 0.6) is 5.75 Å². The Labute approximate surface area is 162 Å². The first-order valence-corrected chi connectivity index (χ1v) is 9.41. The number of carbonyl (C=O) groups excluding carboxylic acids is 1. The van der Waals surface area contributed by atoms with Gasteiger partial charge in [-0.05, 0) is 38.0 Å². The van der Waals surface area contributed by atoms with Crippen molar-refractivity contribution in [2.75, 3.05) is 0 Å². The lowest BCUT2D eigenvalue weighted by Crippen LogP contribution is -2.08. The molecule has 0 radical (unpaired) electrons. The van der Waals surface area contributed by atoms with Gasteiger partial charge in [0.25, 0.3) is 0 Å². The summed E-state index contributed by atoms with van der Waals surface area (Å²) in [4.78, 5) is 17.3. The van der Waals surface area contributed by atoms with Crippen LogP contribution in [0.4, 0.5) is 4.39 Å². The topological polar surface area (TPSA) is 44.1 Å². The Hall–Kier alpha value is -3.21. The quantitative estimate of drug-likeness (QED) is 0.327. The number of fused-ring (bicyclic) bond motifs is 2. The maximum absolute atomic E-state index is 13.1. The smallest absolute Gasteiger partial charge is 0.345 e. The van der Waals surface area contributed by atoms with Gasteiger partial charge in [-0.25, -0.2) is 9.18 Å². The van der Waals surface area contributed by atoms with Crippen LogP contribution in [0.15, 0.2) is 67.0 Å².